The molecule has 0 saturated heterocycles. The fourth-order valence-electron chi connectivity index (χ4n) is 3.65. The molecule has 4 rings (SSSR count). The molecule has 3 aromatic rings. The Kier molecular flexibility index (Phi) is 6.55. The number of ether oxygens (including phenoxy) is 1. The van der Waals surface area contributed by atoms with Crippen molar-refractivity contribution >= 4 is 46.2 Å². The molecule has 0 spiro atoms. The predicted molar refractivity (Wildman–Crippen MR) is 126 cm³/mol. The summed E-state index contributed by atoms with van der Waals surface area (Å²) in [6, 6.07) is 18.3. The SMILES string of the molecule is O=C1Nc2ccccc2N(C(=O)Cc2ccc(OCCCCl)c([N+](=O)[O-])c2)c2ccccc21. The van der Waals surface area contributed by atoms with E-state index in [0.29, 0.717) is 40.5 Å². The minimum absolute atomic E-state index is 0.111. The number of halogens is 1. The second kappa shape index (κ2) is 9.70. The molecule has 9 heteroatoms. The van der Waals surface area contributed by atoms with Crippen LogP contribution in [0.15, 0.2) is 66.7 Å². The maximum atomic E-state index is 13.5. The summed E-state index contributed by atoms with van der Waals surface area (Å²) in [4.78, 5) is 38.7. The average Bonchev–Trinajstić information content (AvgIpc) is 2.93. The lowest BCUT2D eigenvalue weighted by molar-refractivity contribution is -0.385. The van der Waals surface area contributed by atoms with Crippen molar-refractivity contribution in [2.24, 2.45) is 0 Å². The van der Waals surface area contributed by atoms with Gasteiger partial charge in [0, 0.05) is 11.9 Å². The number of para-hydroxylation sites is 3. The van der Waals surface area contributed by atoms with Gasteiger partial charge in [-0.05, 0) is 42.3 Å². The topological polar surface area (TPSA) is 102 Å². The molecule has 3 aromatic carbocycles. The number of amides is 2. The summed E-state index contributed by atoms with van der Waals surface area (Å²) in [5, 5.41) is 14.4. The Labute approximate surface area is 194 Å². The zero-order chi connectivity index (χ0) is 23.4. The van der Waals surface area contributed by atoms with Gasteiger partial charge in [-0.15, -0.1) is 11.6 Å². The van der Waals surface area contributed by atoms with Gasteiger partial charge in [0.25, 0.3) is 5.91 Å². The molecule has 0 bridgehead atoms. The summed E-state index contributed by atoms with van der Waals surface area (Å²) in [5.74, 6) is -0.142. The van der Waals surface area contributed by atoms with E-state index in [-0.39, 0.29) is 36.3 Å². The molecule has 0 radical (unpaired) electrons. The standard InChI is InChI=1S/C24H20ClN3O5/c25-12-5-13-33-22-11-10-16(14-21(22)28(31)32)15-23(29)27-19-8-3-1-6-17(19)24(30)26-18-7-2-4-9-20(18)27/h1-4,6-11,14H,5,12-13,15H2,(H,26,30). The van der Waals surface area contributed by atoms with Gasteiger partial charge in [-0.2, -0.15) is 0 Å². The first-order chi connectivity index (χ1) is 16.0. The highest BCUT2D eigenvalue weighted by molar-refractivity contribution is 6.18. The number of rotatable bonds is 7. The lowest BCUT2D eigenvalue weighted by Crippen LogP contribution is -2.28. The van der Waals surface area contributed by atoms with E-state index in [9.17, 15) is 19.7 Å². The third-order valence-electron chi connectivity index (χ3n) is 5.14. The van der Waals surface area contributed by atoms with Crippen molar-refractivity contribution in [1.29, 1.82) is 0 Å². The van der Waals surface area contributed by atoms with Crippen molar-refractivity contribution in [1.82, 2.24) is 0 Å². The van der Waals surface area contributed by atoms with Crippen LogP contribution in [0.4, 0.5) is 22.7 Å². The van der Waals surface area contributed by atoms with Gasteiger partial charge in [0.05, 0.1) is 40.6 Å². The van der Waals surface area contributed by atoms with E-state index in [0.717, 1.165) is 0 Å². The van der Waals surface area contributed by atoms with Crippen molar-refractivity contribution < 1.29 is 19.2 Å². The number of alkyl halides is 1. The first kappa shape index (κ1) is 22.3. The molecule has 0 aliphatic carbocycles. The Hall–Kier alpha value is -3.91. The van der Waals surface area contributed by atoms with E-state index in [1.54, 1.807) is 54.6 Å². The molecule has 0 aromatic heterocycles. The number of hydrogen-bond donors (Lipinski definition) is 1. The van der Waals surface area contributed by atoms with Crippen LogP contribution in [0.3, 0.4) is 0 Å². The Morgan fingerprint density at radius 3 is 2.55 bits per heavy atom. The quantitative estimate of drug-likeness (QED) is 0.227. The van der Waals surface area contributed by atoms with Gasteiger partial charge in [-0.25, -0.2) is 0 Å². The zero-order valence-electron chi connectivity index (χ0n) is 17.5. The van der Waals surface area contributed by atoms with E-state index in [2.05, 4.69) is 5.32 Å². The van der Waals surface area contributed by atoms with Crippen LogP contribution < -0.4 is 15.0 Å². The smallest absolute Gasteiger partial charge is 0.311 e. The molecule has 0 saturated carbocycles. The molecule has 33 heavy (non-hydrogen) atoms. The number of hydrogen-bond acceptors (Lipinski definition) is 5. The first-order valence-corrected chi connectivity index (χ1v) is 10.8. The van der Waals surface area contributed by atoms with E-state index >= 15 is 0 Å². The number of carbonyl (C=O) groups excluding carboxylic acids is 2. The predicted octanol–water partition coefficient (Wildman–Crippen LogP) is 5.08. The zero-order valence-corrected chi connectivity index (χ0v) is 18.2. The summed E-state index contributed by atoms with van der Waals surface area (Å²) >= 11 is 5.64. The summed E-state index contributed by atoms with van der Waals surface area (Å²) in [6.45, 7) is 0.255. The van der Waals surface area contributed by atoms with Crippen LogP contribution in [0.1, 0.15) is 22.3 Å². The van der Waals surface area contributed by atoms with E-state index < -0.39 is 4.92 Å². The number of nitrogens with one attached hydrogen (secondary N) is 1. The van der Waals surface area contributed by atoms with Crippen molar-refractivity contribution in [3.8, 4) is 5.75 Å². The van der Waals surface area contributed by atoms with E-state index in [1.165, 1.54) is 17.0 Å². The second-order valence-corrected chi connectivity index (χ2v) is 7.72. The van der Waals surface area contributed by atoms with Crippen molar-refractivity contribution in [3.63, 3.8) is 0 Å². The molecular formula is C24H20ClN3O5. The number of benzene rings is 3. The Morgan fingerprint density at radius 1 is 1.06 bits per heavy atom. The van der Waals surface area contributed by atoms with Crippen LogP contribution >= 0.6 is 11.6 Å². The lowest BCUT2D eigenvalue weighted by Gasteiger charge is -2.24. The van der Waals surface area contributed by atoms with Crippen LogP contribution in [0.25, 0.3) is 0 Å². The van der Waals surface area contributed by atoms with Crippen molar-refractivity contribution in [2.45, 2.75) is 12.8 Å². The minimum Gasteiger partial charge on any atom is -0.487 e. The Bertz CT molecular complexity index is 1230. The summed E-state index contributed by atoms with van der Waals surface area (Å²) in [5.41, 5.74) is 2.06. The number of nitro benzene ring substituents is 1. The van der Waals surface area contributed by atoms with Gasteiger partial charge in [0.1, 0.15) is 0 Å². The molecule has 168 valence electrons. The maximum Gasteiger partial charge on any atom is 0.311 e. The third-order valence-corrected chi connectivity index (χ3v) is 5.41. The van der Waals surface area contributed by atoms with Gasteiger partial charge in [0.15, 0.2) is 5.75 Å². The van der Waals surface area contributed by atoms with Gasteiger partial charge >= 0.3 is 5.69 Å². The fraction of sp³-hybridized carbons (Fsp3) is 0.167. The van der Waals surface area contributed by atoms with Crippen LogP contribution in [0, 0.1) is 10.1 Å². The van der Waals surface area contributed by atoms with Crippen LogP contribution in [0.2, 0.25) is 0 Å². The number of nitro groups is 1. The highest BCUT2D eigenvalue weighted by Gasteiger charge is 2.29. The fourth-order valence-corrected chi connectivity index (χ4v) is 3.76. The van der Waals surface area contributed by atoms with Crippen molar-refractivity contribution in [2.75, 3.05) is 22.7 Å². The average molecular weight is 466 g/mol. The lowest BCUT2D eigenvalue weighted by atomic mass is 10.1. The molecular weight excluding hydrogens is 446 g/mol. The van der Waals surface area contributed by atoms with Crippen LogP contribution in [0.5, 0.6) is 5.75 Å². The van der Waals surface area contributed by atoms with Gasteiger partial charge in [-0.1, -0.05) is 30.3 Å². The summed E-state index contributed by atoms with van der Waals surface area (Å²) in [6.07, 6.45) is 0.444. The number of anilines is 3. The highest BCUT2D eigenvalue weighted by Crippen LogP contribution is 2.38. The molecule has 1 aliphatic rings. The molecule has 0 atom stereocenters. The van der Waals surface area contributed by atoms with Gasteiger partial charge in [0.2, 0.25) is 5.91 Å². The second-order valence-electron chi connectivity index (χ2n) is 7.34. The molecule has 1 aliphatic heterocycles. The highest BCUT2D eigenvalue weighted by atomic mass is 35.5. The Balaban J connectivity index is 1.69. The molecule has 2 amide bonds. The third kappa shape index (κ3) is 4.65. The first-order valence-electron chi connectivity index (χ1n) is 10.3. The minimum atomic E-state index is -0.539. The van der Waals surface area contributed by atoms with Gasteiger partial charge in [-0.3, -0.25) is 24.6 Å². The van der Waals surface area contributed by atoms with Crippen LogP contribution in [-0.2, 0) is 11.2 Å². The summed E-state index contributed by atoms with van der Waals surface area (Å²) < 4.78 is 5.47. The molecule has 1 heterocycles. The Morgan fingerprint density at radius 2 is 1.79 bits per heavy atom. The van der Waals surface area contributed by atoms with E-state index in [4.69, 9.17) is 16.3 Å². The number of fused-ring (bicyclic) bond motifs is 2. The normalized spacial score (nSPS) is 12.3. The number of carbonyl (C=O) groups is 2. The summed E-state index contributed by atoms with van der Waals surface area (Å²) in [7, 11) is 0. The van der Waals surface area contributed by atoms with Gasteiger partial charge < -0.3 is 10.1 Å². The number of nitrogens with zero attached hydrogens (tertiary/aromatic N) is 2. The van der Waals surface area contributed by atoms with Crippen LogP contribution in [-0.4, -0.2) is 29.2 Å². The molecule has 8 nitrogen and oxygen atoms in total. The van der Waals surface area contributed by atoms with Crippen molar-refractivity contribution in [3.05, 3.63) is 88.0 Å². The van der Waals surface area contributed by atoms with E-state index in [1.807, 2.05) is 0 Å². The molecule has 1 N–H and O–H groups in total. The molecule has 0 unspecified atom stereocenters. The largest absolute Gasteiger partial charge is 0.487 e. The monoisotopic (exact) mass is 465 g/mol. The maximum absolute atomic E-state index is 13.5. The molecule has 0 fully saturated rings.